The average molecular weight is 434 g/mol. The van der Waals surface area contributed by atoms with E-state index in [9.17, 15) is 0 Å². The van der Waals surface area contributed by atoms with Crippen LogP contribution in [0.5, 0.6) is 11.8 Å². The van der Waals surface area contributed by atoms with Crippen molar-refractivity contribution in [3.05, 3.63) is 109 Å². The average Bonchev–Trinajstić information content (AvgIpc) is 2.85. The van der Waals surface area contributed by atoms with Crippen LogP contribution in [0.2, 0.25) is 0 Å². The Hall–Kier alpha value is -3.96. The van der Waals surface area contributed by atoms with Crippen molar-refractivity contribution >= 4 is 12.6 Å². The number of aromatic nitrogens is 3. The van der Waals surface area contributed by atoms with E-state index in [-0.39, 0.29) is 0 Å². The van der Waals surface area contributed by atoms with E-state index in [1.807, 2.05) is 72.8 Å². The van der Waals surface area contributed by atoms with E-state index in [0.717, 1.165) is 33.0 Å². The number of ether oxygens (including phenoxy) is 1. The molecule has 0 bridgehead atoms. The molecule has 0 N–H and O–H groups in total. The van der Waals surface area contributed by atoms with Gasteiger partial charge in [0.15, 0.2) is 0 Å². The van der Waals surface area contributed by atoms with Gasteiger partial charge in [0.25, 0.3) is 0 Å². The first kappa shape index (κ1) is 20.0. The van der Waals surface area contributed by atoms with Crippen molar-refractivity contribution in [2.45, 2.75) is 4.90 Å². The molecular weight excluding hydrogens is 414 g/mol. The lowest BCUT2D eigenvalue weighted by Crippen LogP contribution is -1.95. The molecule has 0 spiro atoms. The van der Waals surface area contributed by atoms with Gasteiger partial charge in [-0.2, -0.15) is 0 Å². The van der Waals surface area contributed by atoms with Crippen LogP contribution in [0.25, 0.3) is 33.8 Å². The minimum absolute atomic E-state index is 0.462. The maximum absolute atomic E-state index is 5.83. The Kier molecular flexibility index (Phi) is 5.64. The minimum atomic E-state index is 0.462. The zero-order valence-corrected chi connectivity index (χ0v) is 18.0. The van der Waals surface area contributed by atoms with Crippen molar-refractivity contribution in [3.8, 4) is 45.5 Å². The molecule has 0 aliphatic carbocycles. The molecular formula is C27H19N3OS. The van der Waals surface area contributed by atoms with E-state index in [1.165, 1.54) is 0 Å². The van der Waals surface area contributed by atoms with Gasteiger partial charge >= 0.3 is 0 Å². The molecule has 154 valence electrons. The smallest absolute Gasteiger partial charge is 0.221 e. The highest BCUT2D eigenvalue weighted by molar-refractivity contribution is 7.80. The van der Waals surface area contributed by atoms with Gasteiger partial charge in [-0.25, -0.2) is 15.0 Å². The summed E-state index contributed by atoms with van der Waals surface area (Å²) in [7, 11) is 0. The van der Waals surface area contributed by atoms with E-state index < -0.39 is 0 Å². The lowest BCUT2D eigenvalue weighted by atomic mass is 10.0. The van der Waals surface area contributed by atoms with Crippen LogP contribution in [0.3, 0.4) is 0 Å². The summed E-state index contributed by atoms with van der Waals surface area (Å²) in [4.78, 5) is 14.7. The quantitative estimate of drug-likeness (QED) is 0.305. The van der Waals surface area contributed by atoms with Crippen LogP contribution in [0.4, 0.5) is 0 Å². The summed E-state index contributed by atoms with van der Waals surface area (Å²) in [5.74, 6) is 0.956. The van der Waals surface area contributed by atoms with Crippen LogP contribution in [0.1, 0.15) is 0 Å². The number of hydrogen-bond acceptors (Lipinski definition) is 5. The molecule has 5 heteroatoms. The highest BCUT2D eigenvalue weighted by atomic mass is 32.1. The fourth-order valence-electron chi connectivity index (χ4n) is 3.42. The van der Waals surface area contributed by atoms with Crippen molar-refractivity contribution in [3.63, 3.8) is 0 Å². The monoisotopic (exact) mass is 433 g/mol. The Morgan fingerprint density at radius 2 is 1.31 bits per heavy atom. The van der Waals surface area contributed by atoms with E-state index in [0.29, 0.717) is 17.5 Å². The molecule has 2 aromatic carbocycles. The molecule has 4 nitrogen and oxygen atoms in total. The Labute approximate surface area is 192 Å². The number of rotatable bonds is 5. The predicted octanol–water partition coefficient (Wildman–Crippen LogP) is 6.95. The zero-order chi connectivity index (χ0) is 21.8. The summed E-state index contributed by atoms with van der Waals surface area (Å²) in [6, 6.07) is 33.4. The van der Waals surface area contributed by atoms with Gasteiger partial charge in [-0.15, -0.1) is 12.6 Å². The molecule has 5 aromatic rings. The molecule has 3 heterocycles. The maximum Gasteiger partial charge on any atom is 0.221 e. The van der Waals surface area contributed by atoms with Crippen LogP contribution >= 0.6 is 12.6 Å². The molecule has 0 aliphatic heterocycles. The molecule has 0 atom stereocenters. The van der Waals surface area contributed by atoms with Crippen LogP contribution in [-0.2, 0) is 0 Å². The Morgan fingerprint density at radius 3 is 2.12 bits per heavy atom. The van der Waals surface area contributed by atoms with E-state index in [1.54, 1.807) is 12.3 Å². The summed E-state index contributed by atoms with van der Waals surface area (Å²) >= 11 is 4.66. The van der Waals surface area contributed by atoms with Gasteiger partial charge in [0.05, 0.1) is 17.1 Å². The van der Waals surface area contributed by atoms with Crippen LogP contribution < -0.4 is 4.74 Å². The summed E-state index contributed by atoms with van der Waals surface area (Å²) in [5, 5.41) is 0. The first-order valence-electron chi connectivity index (χ1n) is 10.2. The van der Waals surface area contributed by atoms with E-state index in [2.05, 4.69) is 46.9 Å². The Balaban J connectivity index is 1.61. The number of nitrogens with zero attached hydrogens (tertiary/aromatic N) is 3. The molecule has 0 saturated carbocycles. The van der Waals surface area contributed by atoms with E-state index >= 15 is 0 Å². The third-order valence-electron chi connectivity index (χ3n) is 4.94. The van der Waals surface area contributed by atoms with Crippen molar-refractivity contribution in [2.24, 2.45) is 0 Å². The fraction of sp³-hybridized carbons (Fsp3) is 0. The van der Waals surface area contributed by atoms with Gasteiger partial charge in [-0.3, -0.25) is 0 Å². The number of pyridine rings is 3. The summed E-state index contributed by atoms with van der Waals surface area (Å²) in [6.07, 6.45) is 1.69. The van der Waals surface area contributed by atoms with Gasteiger partial charge in [0, 0.05) is 28.8 Å². The third-order valence-corrected chi connectivity index (χ3v) is 5.33. The van der Waals surface area contributed by atoms with Crippen molar-refractivity contribution in [2.75, 3.05) is 0 Å². The predicted molar refractivity (Wildman–Crippen MR) is 130 cm³/mol. The Bertz CT molecular complexity index is 1360. The molecule has 3 aromatic heterocycles. The number of benzene rings is 2. The number of hydrogen-bond donors (Lipinski definition) is 1. The van der Waals surface area contributed by atoms with Gasteiger partial charge in [-0.05, 0) is 41.5 Å². The van der Waals surface area contributed by atoms with Crippen LogP contribution in [0, 0.1) is 0 Å². The van der Waals surface area contributed by atoms with Gasteiger partial charge in [0.1, 0.15) is 0 Å². The zero-order valence-electron chi connectivity index (χ0n) is 17.1. The standard InChI is InChI=1S/C27H19N3OS/c32-25-13-5-4-11-21(25)20-17-23(19-9-2-1-3-10-19)29-24(18-20)22-12-8-15-27(30-22)31-26-14-6-7-16-28-26/h1-18,32H. The lowest BCUT2D eigenvalue weighted by Gasteiger charge is -2.12. The summed E-state index contributed by atoms with van der Waals surface area (Å²) in [6.45, 7) is 0. The first-order valence-corrected chi connectivity index (χ1v) is 10.6. The van der Waals surface area contributed by atoms with Crippen LogP contribution in [0.15, 0.2) is 114 Å². The molecule has 0 fully saturated rings. The molecule has 0 saturated heterocycles. The molecule has 32 heavy (non-hydrogen) atoms. The topological polar surface area (TPSA) is 47.9 Å². The van der Waals surface area contributed by atoms with E-state index in [4.69, 9.17) is 9.72 Å². The molecule has 0 aliphatic rings. The lowest BCUT2D eigenvalue weighted by molar-refractivity contribution is 0.445. The van der Waals surface area contributed by atoms with Crippen molar-refractivity contribution in [1.29, 1.82) is 0 Å². The fourth-order valence-corrected chi connectivity index (χ4v) is 3.71. The van der Waals surface area contributed by atoms with Gasteiger partial charge < -0.3 is 4.74 Å². The number of thiol groups is 1. The van der Waals surface area contributed by atoms with Gasteiger partial charge in [-0.1, -0.05) is 60.7 Å². The highest BCUT2D eigenvalue weighted by Crippen LogP contribution is 2.33. The second kappa shape index (κ2) is 9.04. The minimum Gasteiger partial charge on any atom is -0.421 e. The van der Waals surface area contributed by atoms with Crippen molar-refractivity contribution in [1.82, 2.24) is 15.0 Å². The SMILES string of the molecule is Sc1ccccc1-c1cc(-c2ccccc2)nc(-c2cccc(Oc3ccccn3)n2)c1. The second-order valence-electron chi connectivity index (χ2n) is 7.14. The molecule has 0 amide bonds. The molecule has 5 rings (SSSR count). The maximum atomic E-state index is 5.83. The molecule has 0 unspecified atom stereocenters. The summed E-state index contributed by atoms with van der Waals surface area (Å²) < 4.78 is 5.83. The largest absolute Gasteiger partial charge is 0.421 e. The second-order valence-corrected chi connectivity index (χ2v) is 7.62. The first-order chi connectivity index (χ1) is 15.8. The summed E-state index contributed by atoms with van der Waals surface area (Å²) in [5.41, 5.74) is 5.44. The van der Waals surface area contributed by atoms with Crippen molar-refractivity contribution < 1.29 is 4.74 Å². The molecule has 0 radical (unpaired) electrons. The normalized spacial score (nSPS) is 10.7. The van der Waals surface area contributed by atoms with Crippen LogP contribution in [-0.4, -0.2) is 15.0 Å². The van der Waals surface area contributed by atoms with Gasteiger partial charge in [0.2, 0.25) is 11.8 Å². The third kappa shape index (κ3) is 4.38. The highest BCUT2D eigenvalue weighted by Gasteiger charge is 2.12. The Morgan fingerprint density at radius 1 is 0.562 bits per heavy atom.